The number of carboxylic acids is 1. The number of thioether (sulfide) groups is 1. The maximum Gasteiger partial charge on any atom is 0.303 e. The van der Waals surface area contributed by atoms with E-state index in [4.69, 9.17) is 5.11 Å². The first kappa shape index (κ1) is 21.7. The number of aliphatic carboxylic acids is 1. The molecule has 2 saturated heterocycles. The predicted octanol–water partition coefficient (Wildman–Crippen LogP) is 4.21. The standard InChI is InChI=1S/C20H32O4S2/c1-2-3-4-8-13-26(24)14-15-17-11-12-18(25-17)20(15)16(21)9-6-5-7-10-19(22)23/h6,9,15,17-18,20H,2-5,7-8,10-14H2,1H3,(H,22,23)/t15-,17+,18-,20+,26?/m1/s1. The van der Waals surface area contributed by atoms with E-state index in [1.807, 2.05) is 17.8 Å². The van der Waals surface area contributed by atoms with Gasteiger partial charge in [-0.05, 0) is 44.1 Å². The summed E-state index contributed by atoms with van der Waals surface area (Å²) in [4.78, 5) is 23.2. The molecule has 4 nitrogen and oxygen atoms in total. The molecule has 2 rings (SSSR count). The number of ketones is 1. The SMILES string of the molecule is CCCCCCS(=O)C[C@H]1[C@@H](C(=O)C=CCCCC(=O)O)[C@H]2CC[C@@H]1S2. The van der Waals surface area contributed by atoms with Crippen LogP contribution in [0.1, 0.15) is 64.7 Å². The maximum absolute atomic E-state index is 12.7. The first-order valence-electron chi connectivity index (χ1n) is 9.95. The molecule has 2 fully saturated rings. The Kier molecular flexibility index (Phi) is 9.40. The van der Waals surface area contributed by atoms with Crippen LogP contribution >= 0.6 is 11.8 Å². The van der Waals surface area contributed by atoms with Gasteiger partial charge in [0, 0.05) is 45.1 Å². The van der Waals surface area contributed by atoms with Crippen LogP contribution in [0, 0.1) is 11.8 Å². The average Bonchev–Trinajstić information content (AvgIpc) is 3.19. The molecule has 1 unspecified atom stereocenters. The average molecular weight is 401 g/mol. The van der Waals surface area contributed by atoms with Crippen LogP contribution in [0.4, 0.5) is 0 Å². The van der Waals surface area contributed by atoms with Crippen molar-refractivity contribution in [3.63, 3.8) is 0 Å². The Bertz CT molecular complexity index is 532. The summed E-state index contributed by atoms with van der Waals surface area (Å²) in [5.74, 6) is 1.06. The molecule has 0 saturated carbocycles. The number of unbranched alkanes of at least 4 members (excludes halogenated alkanes) is 4. The Morgan fingerprint density at radius 2 is 1.92 bits per heavy atom. The molecular formula is C20H32O4S2. The number of fused-ring (bicyclic) bond motifs is 2. The number of allylic oxidation sites excluding steroid dienone is 2. The molecule has 5 atom stereocenters. The van der Waals surface area contributed by atoms with E-state index in [0.29, 0.717) is 29.1 Å². The fourth-order valence-electron chi connectivity index (χ4n) is 4.05. The highest BCUT2D eigenvalue weighted by atomic mass is 32.2. The second-order valence-electron chi connectivity index (χ2n) is 7.44. The predicted molar refractivity (Wildman–Crippen MR) is 109 cm³/mol. The number of carbonyl (C=O) groups excluding carboxylic acids is 1. The van der Waals surface area contributed by atoms with Crippen LogP contribution < -0.4 is 0 Å². The first-order valence-corrected chi connectivity index (χ1v) is 12.4. The highest BCUT2D eigenvalue weighted by Crippen LogP contribution is 2.53. The zero-order valence-electron chi connectivity index (χ0n) is 15.7. The number of carbonyl (C=O) groups is 2. The van der Waals surface area contributed by atoms with Crippen LogP contribution in [0.3, 0.4) is 0 Å². The summed E-state index contributed by atoms with van der Waals surface area (Å²) in [7, 11) is -0.821. The van der Waals surface area contributed by atoms with Crippen molar-refractivity contribution in [2.45, 2.75) is 75.2 Å². The third-order valence-corrected chi connectivity index (χ3v) is 8.71. The molecule has 0 aromatic carbocycles. The highest BCUT2D eigenvalue weighted by molar-refractivity contribution is 8.01. The number of carboxylic acid groups (broad SMARTS) is 1. The largest absolute Gasteiger partial charge is 0.481 e. The Labute approximate surface area is 164 Å². The van der Waals surface area contributed by atoms with Gasteiger partial charge in [0.15, 0.2) is 5.78 Å². The Hall–Kier alpha value is -0.620. The summed E-state index contributed by atoms with van der Waals surface area (Å²) in [6.07, 6.45) is 11.6. The zero-order valence-corrected chi connectivity index (χ0v) is 17.4. The van der Waals surface area contributed by atoms with Gasteiger partial charge < -0.3 is 5.11 Å². The van der Waals surface area contributed by atoms with Crippen molar-refractivity contribution >= 4 is 34.3 Å². The molecule has 0 aliphatic carbocycles. The molecule has 148 valence electrons. The fraction of sp³-hybridized carbons (Fsp3) is 0.800. The molecule has 6 heteroatoms. The van der Waals surface area contributed by atoms with Crippen molar-refractivity contribution in [1.29, 1.82) is 0 Å². The van der Waals surface area contributed by atoms with Crippen molar-refractivity contribution in [2.24, 2.45) is 11.8 Å². The zero-order chi connectivity index (χ0) is 18.9. The lowest BCUT2D eigenvalue weighted by Crippen LogP contribution is -2.36. The molecule has 2 heterocycles. The van der Waals surface area contributed by atoms with E-state index < -0.39 is 16.8 Å². The monoisotopic (exact) mass is 400 g/mol. The van der Waals surface area contributed by atoms with Gasteiger partial charge in [0.05, 0.1) is 0 Å². The molecule has 1 N–H and O–H groups in total. The van der Waals surface area contributed by atoms with E-state index in [9.17, 15) is 13.8 Å². The van der Waals surface area contributed by atoms with Gasteiger partial charge >= 0.3 is 5.97 Å². The van der Waals surface area contributed by atoms with Gasteiger partial charge in [0.2, 0.25) is 0 Å². The van der Waals surface area contributed by atoms with Crippen molar-refractivity contribution < 1.29 is 18.9 Å². The van der Waals surface area contributed by atoms with Gasteiger partial charge in [-0.15, -0.1) is 0 Å². The summed E-state index contributed by atoms with van der Waals surface area (Å²) in [6, 6.07) is 0. The third-order valence-electron chi connectivity index (χ3n) is 5.40. The topological polar surface area (TPSA) is 71.4 Å². The number of hydrogen-bond acceptors (Lipinski definition) is 4. The quantitative estimate of drug-likeness (QED) is 0.370. The molecule has 0 radical (unpaired) electrons. The molecular weight excluding hydrogens is 368 g/mol. The van der Waals surface area contributed by atoms with Crippen molar-refractivity contribution in [1.82, 2.24) is 0 Å². The third kappa shape index (κ3) is 6.52. The van der Waals surface area contributed by atoms with Gasteiger partial charge in [-0.2, -0.15) is 11.8 Å². The van der Waals surface area contributed by atoms with Crippen LogP contribution in [-0.4, -0.2) is 43.1 Å². The van der Waals surface area contributed by atoms with E-state index in [2.05, 4.69) is 6.92 Å². The Morgan fingerprint density at radius 3 is 2.65 bits per heavy atom. The number of hydrogen-bond donors (Lipinski definition) is 1. The summed E-state index contributed by atoms with van der Waals surface area (Å²) in [5.41, 5.74) is 0. The first-order chi connectivity index (χ1) is 12.5. The number of rotatable bonds is 13. The van der Waals surface area contributed by atoms with Crippen molar-refractivity contribution in [3.8, 4) is 0 Å². The Balaban J connectivity index is 1.83. The lowest BCUT2D eigenvalue weighted by atomic mass is 9.78. The molecule has 0 aromatic heterocycles. The van der Waals surface area contributed by atoms with Crippen LogP contribution in [-0.2, 0) is 20.4 Å². The normalized spacial score (nSPS) is 28.7. The maximum atomic E-state index is 12.7. The summed E-state index contributed by atoms with van der Waals surface area (Å²) >= 11 is 1.93. The fourth-order valence-corrected chi connectivity index (χ4v) is 7.70. The molecule has 0 amide bonds. The van der Waals surface area contributed by atoms with E-state index in [0.717, 1.165) is 31.4 Å². The highest BCUT2D eigenvalue weighted by Gasteiger charge is 2.50. The lowest BCUT2D eigenvalue weighted by Gasteiger charge is -2.27. The lowest BCUT2D eigenvalue weighted by molar-refractivity contribution is -0.137. The van der Waals surface area contributed by atoms with E-state index in [1.54, 1.807) is 6.08 Å². The molecule has 0 aromatic rings. The van der Waals surface area contributed by atoms with Gasteiger partial charge in [-0.1, -0.05) is 32.3 Å². The molecule has 26 heavy (non-hydrogen) atoms. The van der Waals surface area contributed by atoms with Gasteiger partial charge in [0.25, 0.3) is 0 Å². The van der Waals surface area contributed by atoms with E-state index >= 15 is 0 Å². The second-order valence-corrected chi connectivity index (χ2v) is 10.5. The van der Waals surface area contributed by atoms with E-state index in [-0.39, 0.29) is 24.0 Å². The smallest absolute Gasteiger partial charge is 0.303 e. The molecule has 2 aliphatic heterocycles. The second kappa shape index (κ2) is 11.3. The van der Waals surface area contributed by atoms with Gasteiger partial charge in [0.1, 0.15) is 0 Å². The summed E-state index contributed by atoms with van der Waals surface area (Å²) < 4.78 is 12.5. The van der Waals surface area contributed by atoms with Crippen LogP contribution in [0.15, 0.2) is 12.2 Å². The van der Waals surface area contributed by atoms with Crippen LogP contribution in [0.5, 0.6) is 0 Å². The minimum atomic E-state index is -0.821. The van der Waals surface area contributed by atoms with E-state index in [1.165, 1.54) is 12.8 Å². The minimum Gasteiger partial charge on any atom is -0.481 e. The minimum absolute atomic E-state index is 0.00839. The molecule has 2 bridgehead atoms. The van der Waals surface area contributed by atoms with Crippen molar-refractivity contribution in [2.75, 3.05) is 11.5 Å². The van der Waals surface area contributed by atoms with Crippen LogP contribution in [0.25, 0.3) is 0 Å². The summed E-state index contributed by atoms with van der Waals surface area (Å²) in [6.45, 7) is 2.18. The molecule has 0 spiro atoms. The van der Waals surface area contributed by atoms with Crippen molar-refractivity contribution in [3.05, 3.63) is 12.2 Å². The van der Waals surface area contributed by atoms with Gasteiger partial charge in [-0.25, -0.2) is 0 Å². The molecule has 2 aliphatic rings. The van der Waals surface area contributed by atoms with Gasteiger partial charge in [-0.3, -0.25) is 13.8 Å². The Morgan fingerprint density at radius 1 is 1.15 bits per heavy atom. The van der Waals surface area contributed by atoms with Crippen LogP contribution in [0.2, 0.25) is 0 Å². The summed E-state index contributed by atoms with van der Waals surface area (Å²) in [5, 5.41) is 9.54.